The Hall–Kier alpha value is -4.18. The van der Waals surface area contributed by atoms with Crippen LogP contribution in [-0.2, 0) is 35.8 Å². The zero-order chi connectivity index (χ0) is 25.5. The zero-order valence-corrected chi connectivity index (χ0v) is 20.8. The number of aromatic nitrogens is 5. The van der Waals surface area contributed by atoms with Crippen molar-refractivity contribution in [2.45, 2.75) is 58.9 Å². The third-order valence-electron chi connectivity index (χ3n) is 6.86. The van der Waals surface area contributed by atoms with Crippen molar-refractivity contribution in [2.75, 3.05) is 10.2 Å². The molecule has 0 radical (unpaired) electrons. The summed E-state index contributed by atoms with van der Waals surface area (Å²) >= 11 is 0. The van der Waals surface area contributed by atoms with Crippen LogP contribution in [0.2, 0.25) is 0 Å². The van der Waals surface area contributed by atoms with Crippen LogP contribution in [0.4, 0.5) is 11.6 Å². The van der Waals surface area contributed by atoms with Crippen molar-refractivity contribution in [1.82, 2.24) is 24.7 Å². The van der Waals surface area contributed by atoms with E-state index in [1.165, 1.54) is 0 Å². The lowest BCUT2D eigenvalue weighted by Gasteiger charge is -2.23. The molecule has 1 aliphatic carbocycles. The summed E-state index contributed by atoms with van der Waals surface area (Å²) in [5, 5.41) is 8.23. The molecule has 6 rings (SSSR count). The standard InChI is InChI=1S/C27H27N7O3/c1-3-34-24(8-16(2)32-34)33(27(36)19-10-28-25(29-11-19)18-5-6-18)12-17-4-7-20-21-13-37-14-22(21)26(30-15-35)31-23(20)9-17/h4,7-11,15,18H,3,5-6,12-14H2,1-2H3,(H,30,31,35). The minimum Gasteiger partial charge on any atom is -0.372 e. The number of rotatable bonds is 8. The molecule has 0 bridgehead atoms. The Bertz CT molecular complexity index is 1510. The number of carbonyl (C=O) groups excluding carboxylic acids is 2. The SMILES string of the molecule is CCn1nc(C)cc1N(Cc1ccc2c3c(c(NC=O)nc2c1)COC3)C(=O)c1cnc(C2CC2)nc1. The number of aryl methyl sites for hydroxylation is 2. The Morgan fingerprint density at radius 3 is 2.70 bits per heavy atom. The number of hydrogen-bond acceptors (Lipinski definition) is 7. The van der Waals surface area contributed by atoms with E-state index in [-0.39, 0.29) is 5.91 Å². The van der Waals surface area contributed by atoms with Crippen LogP contribution in [0.3, 0.4) is 0 Å². The Balaban J connectivity index is 1.39. The molecular weight excluding hydrogens is 470 g/mol. The number of anilines is 2. The van der Waals surface area contributed by atoms with Gasteiger partial charge in [-0.3, -0.25) is 14.5 Å². The Morgan fingerprint density at radius 1 is 1.19 bits per heavy atom. The summed E-state index contributed by atoms with van der Waals surface area (Å²) in [7, 11) is 0. The van der Waals surface area contributed by atoms with Crippen molar-refractivity contribution in [3.8, 4) is 0 Å². The minimum atomic E-state index is -0.198. The minimum absolute atomic E-state index is 0.198. The number of nitrogens with one attached hydrogen (secondary N) is 1. The van der Waals surface area contributed by atoms with Crippen LogP contribution in [0.15, 0.2) is 36.7 Å². The molecule has 188 valence electrons. The molecule has 10 heteroatoms. The Morgan fingerprint density at radius 2 is 1.97 bits per heavy atom. The van der Waals surface area contributed by atoms with E-state index in [1.54, 1.807) is 17.3 Å². The Kier molecular flexibility index (Phi) is 5.88. The van der Waals surface area contributed by atoms with Crippen LogP contribution >= 0.6 is 0 Å². The van der Waals surface area contributed by atoms with Crippen molar-refractivity contribution in [3.63, 3.8) is 0 Å². The predicted molar refractivity (Wildman–Crippen MR) is 137 cm³/mol. The van der Waals surface area contributed by atoms with Crippen LogP contribution in [0.1, 0.15) is 64.2 Å². The first-order valence-electron chi connectivity index (χ1n) is 12.5. The maximum atomic E-state index is 13.8. The van der Waals surface area contributed by atoms with Crippen LogP contribution in [0, 0.1) is 6.92 Å². The first-order valence-corrected chi connectivity index (χ1v) is 12.5. The summed E-state index contributed by atoms with van der Waals surface area (Å²) in [5.74, 6) is 2.23. The molecule has 10 nitrogen and oxygen atoms in total. The van der Waals surface area contributed by atoms with Crippen LogP contribution in [0.5, 0.6) is 0 Å². The summed E-state index contributed by atoms with van der Waals surface area (Å²) in [6.07, 6.45) is 6.08. The number of amides is 2. The molecule has 1 fully saturated rings. The molecule has 0 spiro atoms. The lowest BCUT2D eigenvalue weighted by atomic mass is 10.0. The molecule has 3 aromatic heterocycles. The highest BCUT2D eigenvalue weighted by Crippen LogP contribution is 2.38. The normalized spacial score (nSPS) is 14.5. The highest BCUT2D eigenvalue weighted by atomic mass is 16.5. The third kappa shape index (κ3) is 4.33. The predicted octanol–water partition coefficient (Wildman–Crippen LogP) is 3.87. The first-order chi connectivity index (χ1) is 18.1. The van der Waals surface area contributed by atoms with Gasteiger partial charge in [0.25, 0.3) is 5.91 Å². The summed E-state index contributed by atoms with van der Waals surface area (Å²) < 4.78 is 7.45. The maximum Gasteiger partial charge on any atom is 0.262 e. The number of nitrogens with zero attached hydrogens (tertiary/aromatic N) is 6. The van der Waals surface area contributed by atoms with Crippen molar-refractivity contribution in [3.05, 3.63) is 70.4 Å². The van der Waals surface area contributed by atoms with Gasteiger partial charge in [-0.05, 0) is 43.9 Å². The zero-order valence-electron chi connectivity index (χ0n) is 20.8. The summed E-state index contributed by atoms with van der Waals surface area (Å²) in [4.78, 5) is 40.3. The highest BCUT2D eigenvalue weighted by molar-refractivity contribution is 6.05. The van der Waals surface area contributed by atoms with Gasteiger partial charge in [0.05, 0.1) is 36.5 Å². The second kappa shape index (κ2) is 9.36. The largest absolute Gasteiger partial charge is 0.372 e. The summed E-state index contributed by atoms with van der Waals surface area (Å²) in [5.41, 5.74) is 4.81. The van der Waals surface area contributed by atoms with E-state index < -0.39 is 0 Å². The average molecular weight is 498 g/mol. The number of hydrogen-bond donors (Lipinski definition) is 1. The van der Waals surface area contributed by atoms with E-state index in [0.717, 1.165) is 52.0 Å². The van der Waals surface area contributed by atoms with Gasteiger partial charge in [0, 0.05) is 41.9 Å². The molecule has 1 N–H and O–H groups in total. The molecule has 1 saturated carbocycles. The molecule has 1 aromatic carbocycles. The second-order valence-corrected chi connectivity index (χ2v) is 9.48. The lowest BCUT2D eigenvalue weighted by Crippen LogP contribution is -2.32. The second-order valence-electron chi connectivity index (χ2n) is 9.48. The number of benzene rings is 1. The van der Waals surface area contributed by atoms with Crippen LogP contribution < -0.4 is 10.2 Å². The summed E-state index contributed by atoms with van der Waals surface area (Å²) in [6.45, 7) is 5.72. The molecule has 4 heterocycles. The van der Waals surface area contributed by atoms with Gasteiger partial charge in [0.15, 0.2) is 0 Å². The van der Waals surface area contributed by atoms with Crippen LogP contribution in [0.25, 0.3) is 10.9 Å². The van der Waals surface area contributed by atoms with E-state index in [4.69, 9.17) is 4.74 Å². The van der Waals surface area contributed by atoms with Gasteiger partial charge < -0.3 is 10.1 Å². The fraction of sp³-hybridized carbons (Fsp3) is 0.333. The Labute approximate surface area is 213 Å². The van der Waals surface area contributed by atoms with Gasteiger partial charge in [-0.1, -0.05) is 12.1 Å². The lowest BCUT2D eigenvalue weighted by molar-refractivity contribution is -0.105. The van der Waals surface area contributed by atoms with E-state index in [9.17, 15) is 9.59 Å². The van der Waals surface area contributed by atoms with E-state index >= 15 is 0 Å². The molecule has 37 heavy (non-hydrogen) atoms. The number of carbonyl (C=O) groups is 2. The topological polar surface area (TPSA) is 115 Å². The quantitative estimate of drug-likeness (QED) is 0.368. The number of pyridine rings is 1. The molecule has 0 saturated heterocycles. The molecule has 0 atom stereocenters. The molecule has 0 unspecified atom stereocenters. The van der Waals surface area contributed by atoms with Gasteiger partial charge in [0.1, 0.15) is 17.5 Å². The van der Waals surface area contributed by atoms with Crippen LogP contribution in [-0.4, -0.2) is 37.0 Å². The molecule has 2 amide bonds. The van der Waals surface area contributed by atoms with Gasteiger partial charge in [-0.15, -0.1) is 0 Å². The highest BCUT2D eigenvalue weighted by Gasteiger charge is 2.28. The summed E-state index contributed by atoms with van der Waals surface area (Å²) in [6, 6.07) is 7.88. The van der Waals surface area contributed by atoms with Crippen molar-refractivity contribution in [2.24, 2.45) is 0 Å². The molecule has 2 aliphatic rings. The van der Waals surface area contributed by atoms with Crippen molar-refractivity contribution in [1.29, 1.82) is 0 Å². The molecule has 4 aromatic rings. The monoisotopic (exact) mass is 497 g/mol. The third-order valence-corrected chi connectivity index (χ3v) is 6.86. The van der Waals surface area contributed by atoms with Gasteiger partial charge >= 0.3 is 0 Å². The number of ether oxygens (including phenoxy) is 1. The van der Waals surface area contributed by atoms with E-state index in [2.05, 4.69) is 25.4 Å². The number of fused-ring (bicyclic) bond motifs is 3. The van der Waals surface area contributed by atoms with Gasteiger partial charge in [-0.25, -0.2) is 19.6 Å². The average Bonchev–Trinajstić information content (AvgIpc) is 3.52. The van der Waals surface area contributed by atoms with Crippen molar-refractivity contribution >= 4 is 34.9 Å². The maximum absolute atomic E-state index is 13.8. The fourth-order valence-corrected chi connectivity index (χ4v) is 4.85. The fourth-order valence-electron chi connectivity index (χ4n) is 4.85. The molecular formula is C27H27N7O3. The van der Waals surface area contributed by atoms with Gasteiger partial charge in [0.2, 0.25) is 6.41 Å². The smallest absolute Gasteiger partial charge is 0.262 e. The molecule has 1 aliphatic heterocycles. The van der Waals surface area contributed by atoms with Crippen molar-refractivity contribution < 1.29 is 14.3 Å². The van der Waals surface area contributed by atoms with E-state index in [0.29, 0.717) is 55.8 Å². The first kappa shape index (κ1) is 23.2. The van der Waals surface area contributed by atoms with E-state index in [1.807, 2.05) is 42.8 Å². The van der Waals surface area contributed by atoms with Gasteiger partial charge in [-0.2, -0.15) is 5.10 Å².